The number of rotatable bonds is 13. The number of methoxy groups -OCH3 is 1. The average molecular weight is 552 g/mol. The van der Waals surface area contributed by atoms with Crippen LogP contribution in [0.25, 0.3) is 0 Å². The quantitative estimate of drug-likeness (QED) is 0.342. The van der Waals surface area contributed by atoms with Gasteiger partial charge >= 0.3 is 0 Å². The Morgan fingerprint density at radius 1 is 0.897 bits per heavy atom. The highest BCUT2D eigenvalue weighted by molar-refractivity contribution is 7.92. The molecule has 0 bridgehead atoms. The van der Waals surface area contributed by atoms with Crippen LogP contribution in [0.3, 0.4) is 0 Å². The highest BCUT2D eigenvalue weighted by atomic mass is 32.2. The van der Waals surface area contributed by atoms with E-state index in [4.69, 9.17) is 4.74 Å². The van der Waals surface area contributed by atoms with Crippen LogP contribution in [0.4, 0.5) is 5.69 Å². The molecule has 0 radical (unpaired) electrons. The van der Waals surface area contributed by atoms with Crippen LogP contribution in [0.5, 0.6) is 5.75 Å². The molecule has 0 unspecified atom stereocenters. The van der Waals surface area contributed by atoms with E-state index in [-0.39, 0.29) is 23.4 Å². The van der Waals surface area contributed by atoms with Crippen molar-refractivity contribution in [2.75, 3.05) is 24.5 Å². The molecule has 9 heteroatoms. The number of benzene rings is 3. The predicted octanol–water partition coefficient (Wildman–Crippen LogP) is 4.27. The Morgan fingerprint density at radius 3 is 2.05 bits per heavy atom. The standard InChI is InChI=1S/C30H37N3O5S/c1-5-23(2)31-30(35)24(3)32(21-20-25-12-8-6-9-13-25)29(34)22-33(26-16-18-27(38-4)19-17-26)39(36,37)28-14-10-7-11-15-28/h6-19,23-24H,5,20-22H2,1-4H3,(H,31,35)/t23-,24-/m0/s1. The maximum Gasteiger partial charge on any atom is 0.264 e. The molecule has 1 N–H and O–H groups in total. The molecular weight excluding hydrogens is 514 g/mol. The van der Waals surface area contributed by atoms with Gasteiger partial charge < -0.3 is 15.0 Å². The minimum atomic E-state index is -4.09. The molecule has 0 aliphatic heterocycles. The van der Waals surface area contributed by atoms with Crippen LogP contribution < -0.4 is 14.4 Å². The van der Waals surface area contributed by atoms with Crippen molar-refractivity contribution in [2.45, 2.75) is 50.6 Å². The fraction of sp³-hybridized carbons (Fsp3) is 0.333. The number of hydrogen-bond donors (Lipinski definition) is 1. The first-order chi connectivity index (χ1) is 18.7. The van der Waals surface area contributed by atoms with Crippen molar-refractivity contribution >= 4 is 27.5 Å². The lowest BCUT2D eigenvalue weighted by molar-refractivity contribution is -0.139. The van der Waals surface area contributed by atoms with Gasteiger partial charge in [0, 0.05) is 12.6 Å². The van der Waals surface area contributed by atoms with Crippen LogP contribution in [-0.2, 0) is 26.0 Å². The molecule has 0 aliphatic rings. The van der Waals surface area contributed by atoms with Crippen LogP contribution in [0.2, 0.25) is 0 Å². The number of hydrogen-bond acceptors (Lipinski definition) is 5. The van der Waals surface area contributed by atoms with Crippen molar-refractivity contribution in [2.24, 2.45) is 0 Å². The number of amides is 2. The van der Waals surface area contributed by atoms with E-state index in [1.165, 1.54) is 24.1 Å². The molecular formula is C30H37N3O5S. The minimum Gasteiger partial charge on any atom is -0.497 e. The van der Waals surface area contributed by atoms with Gasteiger partial charge in [-0.05, 0) is 68.7 Å². The Labute approximate surface area is 231 Å². The number of nitrogens with zero attached hydrogens (tertiary/aromatic N) is 2. The summed E-state index contributed by atoms with van der Waals surface area (Å²) in [5.74, 6) is -0.206. The third-order valence-corrected chi connectivity index (χ3v) is 8.41. The second-order valence-corrected chi connectivity index (χ2v) is 11.2. The number of carbonyl (C=O) groups excluding carboxylic acids is 2. The van der Waals surface area contributed by atoms with Crippen molar-refractivity contribution in [3.63, 3.8) is 0 Å². The Hall–Kier alpha value is -3.85. The van der Waals surface area contributed by atoms with Gasteiger partial charge in [0.25, 0.3) is 10.0 Å². The summed E-state index contributed by atoms with van der Waals surface area (Å²) in [4.78, 5) is 28.5. The molecule has 0 aromatic heterocycles. The Balaban J connectivity index is 1.96. The first-order valence-electron chi connectivity index (χ1n) is 13.0. The third kappa shape index (κ3) is 7.83. The first kappa shape index (κ1) is 29.7. The highest BCUT2D eigenvalue weighted by Gasteiger charge is 2.32. The maximum absolute atomic E-state index is 13.9. The van der Waals surface area contributed by atoms with Crippen LogP contribution in [0.15, 0.2) is 89.8 Å². The van der Waals surface area contributed by atoms with E-state index < -0.39 is 28.5 Å². The second-order valence-electron chi connectivity index (χ2n) is 9.34. The summed E-state index contributed by atoms with van der Waals surface area (Å²) >= 11 is 0. The molecule has 8 nitrogen and oxygen atoms in total. The summed E-state index contributed by atoms with van der Waals surface area (Å²) in [7, 11) is -2.57. The van der Waals surface area contributed by atoms with Gasteiger partial charge in [0.15, 0.2) is 0 Å². The van der Waals surface area contributed by atoms with Gasteiger partial charge in [0.05, 0.1) is 17.7 Å². The fourth-order valence-electron chi connectivity index (χ4n) is 4.03. The zero-order chi connectivity index (χ0) is 28.4. The second kappa shape index (κ2) is 13.8. The van der Waals surface area contributed by atoms with E-state index in [9.17, 15) is 18.0 Å². The normalized spacial score (nSPS) is 12.7. The lowest BCUT2D eigenvalue weighted by Gasteiger charge is -2.32. The van der Waals surface area contributed by atoms with Gasteiger partial charge in [-0.25, -0.2) is 8.42 Å². The number of sulfonamides is 1. The molecule has 0 saturated carbocycles. The van der Waals surface area contributed by atoms with Crippen LogP contribution in [0, 0.1) is 0 Å². The van der Waals surface area contributed by atoms with Crippen LogP contribution in [-0.4, -0.2) is 57.4 Å². The van der Waals surface area contributed by atoms with E-state index in [2.05, 4.69) is 5.32 Å². The topological polar surface area (TPSA) is 96.0 Å². The van der Waals surface area contributed by atoms with E-state index in [0.29, 0.717) is 17.9 Å². The summed E-state index contributed by atoms with van der Waals surface area (Å²) in [5, 5.41) is 2.94. The Kier molecular flexibility index (Phi) is 10.5. The SMILES string of the molecule is CC[C@H](C)NC(=O)[C@H](C)N(CCc1ccccc1)C(=O)CN(c1ccc(OC)cc1)S(=O)(=O)c1ccccc1. The van der Waals surface area contributed by atoms with Gasteiger partial charge in [-0.1, -0.05) is 55.5 Å². The molecule has 0 fully saturated rings. The molecule has 3 aromatic rings. The van der Waals surface area contributed by atoms with E-state index >= 15 is 0 Å². The lowest BCUT2D eigenvalue weighted by atomic mass is 10.1. The summed E-state index contributed by atoms with van der Waals surface area (Å²) in [6.45, 7) is 5.32. The smallest absolute Gasteiger partial charge is 0.264 e. The summed E-state index contributed by atoms with van der Waals surface area (Å²) in [6.07, 6.45) is 1.26. The van der Waals surface area contributed by atoms with Crippen molar-refractivity contribution in [3.8, 4) is 5.75 Å². The molecule has 0 saturated heterocycles. The Morgan fingerprint density at radius 2 is 1.49 bits per heavy atom. The van der Waals surface area contributed by atoms with Crippen molar-refractivity contribution in [1.82, 2.24) is 10.2 Å². The van der Waals surface area contributed by atoms with Gasteiger partial charge in [-0.2, -0.15) is 0 Å². The maximum atomic E-state index is 13.9. The molecule has 0 heterocycles. The van der Waals surface area contributed by atoms with E-state index in [1.54, 1.807) is 49.4 Å². The molecule has 0 aliphatic carbocycles. The zero-order valence-electron chi connectivity index (χ0n) is 22.9. The molecule has 39 heavy (non-hydrogen) atoms. The number of carbonyl (C=O) groups is 2. The highest BCUT2D eigenvalue weighted by Crippen LogP contribution is 2.26. The van der Waals surface area contributed by atoms with Crippen molar-refractivity contribution in [1.29, 1.82) is 0 Å². The summed E-state index contributed by atoms with van der Waals surface area (Å²) in [5.41, 5.74) is 1.32. The molecule has 3 rings (SSSR count). The number of anilines is 1. The molecule has 2 amide bonds. The van der Waals surface area contributed by atoms with E-state index in [0.717, 1.165) is 16.3 Å². The number of nitrogens with one attached hydrogen (secondary N) is 1. The van der Waals surface area contributed by atoms with E-state index in [1.807, 2.05) is 44.2 Å². The summed E-state index contributed by atoms with van der Waals surface area (Å²) < 4.78 is 33.8. The predicted molar refractivity (Wildman–Crippen MR) is 153 cm³/mol. The van der Waals surface area contributed by atoms with Crippen LogP contribution >= 0.6 is 0 Å². The summed E-state index contributed by atoms with van der Waals surface area (Å²) in [6, 6.07) is 23.3. The monoisotopic (exact) mass is 551 g/mol. The van der Waals surface area contributed by atoms with Crippen molar-refractivity contribution < 1.29 is 22.7 Å². The fourth-order valence-corrected chi connectivity index (χ4v) is 5.47. The zero-order valence-corrected chi connectivity index (χ0v) is 23.7. The minimum absolute atomic E-state index is 0.0553. The largest absolute Gasteiger partial charge is 0.497 e. The molecule has 0 spiro atoms. The molecule has 2 atom stereocenters. The van der Waals surface area contributed by atoms with Gasteiger partial charge in [-0.3, -0.25) is 13.9 Å². The average Bonchev–Trinajstić information content (AvgIpc) is 2.96. The number of ether oxygens (including phenoxy) is 1. The molecule has 3 aromatic carbocycles. The Bertz CT molecular complexity index is 1320. The van der Waals surface area contributed by atoms with Gasteiger partial charge in [-0.15, -0.1) is 0 Å². The van der Waals surface area contributed by atoms with Gasteiger partial charge in [0.1, 0.15) is 18.3 Å². The third-order valence-electron chi connectivity index (χ3n) is 6.62. The molecule has 208 valence electrons. The van der Waals surface area contributed by atoms with Gasteiger partial charge in [0.2, 0.25) is 11.8 Å². The van der Waals surface area contributed by atoms with Crippen LogP contribution in [0.1, 0.15) is 32.8 Å². The lowest BCUT2D eigenvalue weighted by Crippen LogP contribution is -2.53. The first-order valence-corrected chi connectivity index (χ1v) is 14.5. The van der Waals surface area contributed by atoms with Crippen molar-refractivity contribution in [3.05, 3.63) is 90.5 Å².